The Morgan fingerprint density at radius 3 is 2.44 bits per heavy atom. The lowest BCUT2D eigenvalue weighted by Gasteiger charge is -2.32. The number of benzene rings is 2. The molecule has 0 atom stereocenters. The van der Waals surface area contributed by atoms with Crippen molar-refractivity contribution in [2.45, 2.75) is 32.1 Å². The predicted molar refractivity (Wildman–Crippen MR) is 154 cm³/mol. The van der Waals surface area contributed by atoms with Crippen LogP contribution in [0, 0.1) is 19.3 Å². The van der Waals surface area contributed by atoms with E-state index in [2.05, 4.69) is 45.9 Å². The zero-order valence-corrected chi connectivity index (χ0v) is 22.5. The van der Waals surface area contributed by atoms with Gasteiger partial charge in [0.2, 0.25) is 0 Å². The van der Waals surface area contributed by atoms with Crippen LogP contribution in [-0.4, -0.2) is 47.2 Å². The standard InChI is InChI=1S/C32H31N5O2/c1-5-21-6-8-22(9-7-21)25-16-26-27(17-25)33-19-34-32(26)37-14-12-23(13-15-37)31-35-20(2)30(36-31)24-10-11-28(38-3)29(18-24)39-4/h1,6-11,16,18-19,23H,12-15,17H2,2-4H3,(H,35,36). The van der Waals surface area contributed by atoms with E-state index in [1.165, 1.54) is 11.1 Å². The summed E-state index contributed by atoms with van der Waals surface area (Å²) in [4.78, 5) is 20.3. The number of nitrogens with one attached hydrogen (secondary N) is 1. The number of allylic oxidation sites excluding steroid dienone is 1. The van der Waals surface area contributed by atoms with Gasteiger partial charge in [-0.3, -0.25) is 0 Å². The van der Waals surface area contributed by atoms with Crippen LogP contribution in [0.3, 0.4) is 0 Å². The highest BCUT2D eigenvalue weighted by atomic mass is 16.5. The highest BCUT2D eigenvalue weighted by molar-refractivity contribution is 5.91. The third kappa shape index (κ3) is 4.63. The number of hydrogen-bond acceptors (Lipinski definition) is 6. The highest BCUT2D eigenvalue weighted by Crippen LogP contribution is 2.38. The van der Waals surface area contributed by atoms with Crippen molar-refractivity contribution in [1.82, 2.24) is 19.9 Å². The summed E-state index contributed by atoms with van der Waals surface area (Å²) in [7, 11) is 3.30. The van der Waals surface area contributed by atoms with Gasteiger partial charge in [-0.15, -0.1) is 6.42 Å². The van der Waals surface area contributed by atoms with Gasteiger partial charge in [-0.1, -0.05) is 18.1 Å². The van der Waals surface area contributed by atoms with E-state index in [0.29, 0.717) is 17.4 Å². The summed E-state index contributed by atoms with van der Waals surface area (Å²) in [5.74, 6) is 6.53. The van der Waals surface area contributed by atoms with Gasteiger partial charge in [0, 0.05) is 47.8 Å². The number of aryl methyl sites for hydroxylation is 1. The number of H-pyrrole nitrogens is 1. The number of methoxy groups -OCH3 is 2. The number of hydrogen-bond donors (Lipinski definition) is 1. The maximum Gasteiger partial charge on any atom is 0.161 e. The van der Waals surface area contributed by atoms with Gasteiger partial charge in [0.05, 0.1) is 25.6 Å². The van der Waals surface area contributed by atoms with Crippen molar-refractivity contribution in [3.05, 3.63) is 82.7 Å². The minimum absolute atomic E-state index is 0.365. The molecule has 196 valence electrons. The lowest BCUT2D eigenvalue weighted by molar-refractivity contribution is 0.355. The number of rotatable bonds is 6. The Balaban J connectivity index is 1.18. The number of piperidine rings is 1. The number of nitrogens with zero attached hydrogens (tertiary/aromatic N) is 4. The molecule has 0 amide bonds. The monoisotopic (exact) mass is 517 g/mol. The van der Waals surface area contributed by atoms with Crippen LogP contribution in [0.4, 0.5) is 5.82 Å². The average molecular weight is 518 g/mol. The first-order valence-corrected chi connectivity index (χ1v) is 13.2. The predicted octanol–water partition coefficient (Wildman–Crippen LogP) is 5.65. The van der Waals surface area contributed by atoms with Crippen LogP contribution < -0.4 is 14.4 Å². The van der Waals surface area contributed by atoms with E-state index in [4.69, 9.17) is 25.9 Å². The fourth-order valence-corrected chi connectivity index (χ4v) is 5.64. The third-order valence-corrected chi connectivity index (χ3v) is 7.79. The molecule has 2 aliphatic rings. The highest BCUT2D eigenvalue weighted by Gasteiger charge is 2.28. The van der Waals surface area contributed by atoms with Gasteiger partial charge in [-0.05, 0) is 67.3 Å². The Morgan fingerprint density at radius 1 is 0.974 bits per heavy atom. The van der Waals surface area contributed by atoms with Crippen molar-refractivity contribution < 1.29 is 9.47 Å². The van der Waals surface area contributed by atoms with E-state index in [9.17, 15) is 0 Å². The number of fused-ring (bicyclic) bond motifs is 1. The Kier molecular flexibility index (Phi) is 6.54. The molecule has 0 radical (unpaired) electrons. The minimum Gasteiger partial charge on any atom is -0.493 e. The summed E-state index contributed by atoms with van der Waals surface area (Å²) in [6.45, 7) is 3.91. The molecule has 2 aromatic carbocycles. The van der Waals surface area contributed by atoms with Crippen molar-refractivity contribution in [3.8, 4) is 35.1 Å². The fourth-order valence-electron chi connectivity index (χ4n) is 5.64. The summed E-state index contributed by atoms with van der Waals surface area (Å²) in [5, 5.41) is 0. The van der Waals surface area contributed by atoms with E-state index >= 15 is 0 Å². The Labute approximate surface area is 228 Å². The molecule has 1 aliphatic carbocycles. The SMILES string of the molecule is C#Cc1ccc(C2=Cc3c(ncnc3N3CCC(c4nc(-c5ccc(OC)c(OC)c5)c(C)[nH]4)CC3)C2)cc1. The van der Waals surface area contributed by atoms with Crippen LogP contribution in [0.2, 0.25) is 0 Å². The summed E-state index contributed by atoms with van der Waals surface area (Å²) >= 11 is 0. The molecule has 0 saturated carbocycles. The molecule has 7 heteroatoms. The van der Waals surface area contributed by atoms with E-state index in [0.717, 1.165) is 77.8 Å². The molecule has 39 heavy (non-hydrogen) atoms. The second kappa shape index (κ2) is 10.3. The van der Waals surface area contributed by atoms with Crippen molar-refractivity contribution in [1.29, 1.82) is 0 Å². The first-order valence-electron chi connectivity index (χ1n) is 13.2. The van der Waals surface area contributed by atoms with Gasteiger partial charge < -0.3 is 19.4 Å². The molecule has 0 spiro atoms. The summed E-state index contributed by atoms with van der Waals surface area (Å²) in [5.41, 5.74) is 8.56. The van der Waals surface area contributed by atoms with Crippen molar-refractivity contribution in [2.24, 2.45) is 0 Å². The van der Waals surface area contributed by atoms with Gasteiger partial charge in [0.25, 0.3) is 0 Å². The lowest BCUT2D eigenvalue weighted by atomic mass is 9.96. The molecule has 2 aromatic heterocycles. The zero-order chi connectivity index (χ0) is 26.9. The summed E-state index contributed by atoms with van der Waals surface area (Å²) < 4.78 is 10.9. The Hall–Kier alpha value is -4.57. The lowest BCUT2D eigenvalue weighted by Crippen LogP contribution is -2.34. The molecule has 7 nitrogen and oxygen atoms in total. The average Bonchev–Trinajstić information content (AvgIpc) is 3.60. The topological polar surface area (TPSA) is 76.2 Å². The third-order valence-electron chi connectivity index (χ3n) is 7.79. The molecular formula is C32H31N5O2. The Morgan fingerprint density at radius 2 is 1.72 bits per heavy atom. The number of anilines is 1. The quantitative estimate of drug-likeness (QED) is 0.333. The van der Waals surface area contributed by atoms with Crippen LogP contribution >= 0.6 is 0 Å². The van der Waals surface area contributed by atoms with E-state index in [1.807, 2.05) is 30.3 Å². The van der Waals surface area contributed by atoms with Crippen molar-refractivity contribution in [2.75, 3.05) is 32.2 Å². The van der Waals surface area contributed by atoms with Crippen molar-refractivity contribution >= 4 is 17.5 Å². The van der Waals surface area contributed by atoms with Gasteiger partial charge >= 0.3 is 0 Å². The van der Waals surface area contributed by atoms with Crippen LogP contribution in [0.1, 0.15) is 52.7 Å². The van der Waals surface area contributed by atoms with Crippen LogP contribution in [0.25, 0.3) is 22.9 Å². The Bertz CT molecular complexity index is 1590. The van der Waals surface area contributed by atoms with Gasteiger partial charge in [-0.2, -0.15) is 0 Å². The van der Waals surface area contributed by atoms with Gasteiger partial charge in [0.1, 0.15) is 18.0 Å². The van der Waals surface area contributed by atoms with Gasteiger partial charge in [0.15, 0.2) is 11.5 Å². The van der Waals surface area contributed by atoms with E-state index in [1.54, 1.807) is 20.5 Å². The molecule has 1 fully saturated rings. The fraction of sp³-hybridized carbons (Fsp3) is 0.281. The molecule has 1 aliphatic heterocycles. The molecule has 1 saturated heterocycles. The molecule has 0 unspecified atom stereocenters. The number of imidazole rings is 1. The minimum atomic E-state index is 0.365. The molecule has 6 rings (SSSR count). The largest absolute Gasteiger partial charge is 0.493 e. The second-order valence-corrected chi connectivity index (χ2v) is 10.1. The first-order chi connectivity index (χ1) is 19.1. The van der Waals surface area contributed by atoms with Crippen LogP contribution in [0.5, 0.6) is 11.5 Å². The molecular weight excluding hydrogens is 486 g/mol. The van der Waals surface area contributed by atoms with Crippen LogP contribution in [0.15, 0.2) is 48.8 Å². The maximum atomic E-state index is 5.52. The van der Waals surface area contributed by atoms with Gasteiger partial charge in [-0.25, -0.2) is 15.0 Å². The van der Waals surface area contributed by atoms with Crippen molar-refractivity contribution in [3.63, 3.8) is 0 Å². The summed E-state index contributed by atoms with van der Waals surface area (Å²) in [6.07, 6.45) is 12.3. The molecule has 4 aromatic rings. The maximum absolute atomic E-state index is 5.52. The molecule has 0 bridgehead atoms. The number of aromatic nitrogens is 4. The smallest absolute Gasteiger partial charge is 0.161 e. The zero-order valence-electron chi connectivity index (χ0n) is 22.5. The molecule has 3 heterocycles. The van der Waals surface area contributed by atoms with E-state index in [-0.39, 0.29) is 0 Å². The van der Waals surface area contributed by atoms with Crippen LogP contribution in [-0.2, 0) is 6.42 Å². The second-order valence-electron chi connectivity index (χ2n) is 10.1. The van der Waals surface area contributed by atoms with E-state index < -0.39 is 0 Å². The number of ether oxygens (including phenoxy) is 2. The first kappa shape index (κ1) is 24.7. The number of terminal acetylenes is 1. The normalized spacial score (nSPS) is 15.0. The summed E-state index contributed by atoms with van der Waals surface area (Å²) in [6, 6.07) is 14.1. The number of aromatic amines is 1. The molecule has 1 N–H and O–H groups in total.